The van der Waals surface area contributed by atoms with Crippen molar-refractivity contribution < 1.29 is 0 Å². The second-order valence-electron chi connectivity index (χ2n) is 4.24. The molecule has 0 aliphatic heterocycles. The van der Waals surface area contributed by atoms with E-state index in [2.05, 4.69) is 25.7 Å². The molecule has 1 saturated carbocycles. The first-order valence-electron chi connectivity index (χ1n) is 5.75. The topological polar surface area (TPSA) is 43.8 Å². The molecule has 0 unspecified atom stereocenters. The van der Waals surface area contributed by atoms with Crippen molar-refractivity contribution in [1.82, 2.24) is 9.78 Å². The first-order chi connectivity index (χ1) is 7.33. The fourth-order valence-electron chi connectivity index (χ4n) is 2.25. The highest BCUT2D eigenvalue weighted by atomic mass is 79.9. The molecule has 0 radical (unpaired) electrons. The molecule has 1 heterocycles. The molecule has 0 spiro atoms. The predicted octanol–water partition coefficient (Wildman–Crippen LogP) is 2.65. The number of aromatic nitrogens is 2. The van der Waals surface area contributed by atoms with Crippen molar-refractivity contribution in [2.75, 3.05) is 6.54 Å². The summed E-state index contributed by atoms with van der Waals surface area (Å²) < 4.78 is 3.32. The Hall–Kier alpha value is -0.350. The number of halogens is 1. The number of hydrogen-bond acceptors (Lipinski definition) is 2. The molecule has 0 atom stereocenters. The number of nitrogens with zero attached hydrogens (tertiary/aromatic N) is 2. The molecule has 0 aromatic carbocycles. The molecule has 0 amide bonds. The van der Waals surface area contributed by atoms with E-state index < -0.39 is 0 Å². The molecular weight excluding hydrogens is 254 g/mol. The van der Waals surface area contributed by atoms with Crippen molar-refractivity contribution in [2.24, 2.45) is 5.73 Å². The van der Waals surface area contributed by atoms with E-state index in [4.69, 9.17) is 5.73 Å². The first kappa shape index (κ1) is 11.1. The van der Waals surface area contributed by atoms with Crippen LogP contribution in [0.25, 0.3) is 0 Å². The monoisotopic (exact) mass is 271 g/mol. The van der Waals surface area contributed by atoms with Crippen molar-refractivity contribution in [2.45, 2.75) is 44.6 Å². The minimum Gasteiger partial charge on any atom is -0.330 e. The van der Waals surface area contributed by atoms with Gasteiger partial charge in [-0.15, -0.1) is 0 Å². The predicted molar refractivity (Wildman–Crippen MR) is 64.8 cm³/mol. The lowest BCUT2D eigenvalue weighted by Crippen LogP contribution is -2.07. The highest BCUT2D eigenvalue weighted by Gasteiger charge is 2.20. The molecule has 4 heteroatoms. The summed E-state index contributed by atoms with van der Waals surface area (Å²) in [7, 11) is 0. The number of nitrogens with two attached hydrogens (primary N) is 1. The van der Waals surface area contributed by atoms with E-state index in [9.17, 15) is 0 Å². The van der Waals surface area contributed by atoms with Crippen LogP contribution in [0.1, 0.15) is 43.7 Å². The molecule has 1 aliphatic carbocycles. The molecule has 0 saturated heterocycles. The summed E-state index contributed by atoms with van der Waals surface area (Å²) in [4.78, 5) is 0. The van der Waals surface area contributed by atoms with Gasteiger partial charge in [0.1, 0.15) is 4.60 Å². The first-order valence-corrected chi connectivity index (χ1v) is 6.54. The smallest absolute Gasteiger partial charge is 0.107 e. The Bertz CT molecular complexity index is 316. The molecule has 1 fully saturated rings. The highest BCUT2D eigenvalue weighted by molar-refractivity contribution is 9.10. The van der Waals surface area contributed by atoms with Crippen LogP contribution in [-0.2, 0) is 6.42 Å². The summed E-state index contributed by atoms with van der Waals surface area (Å²) in [5, 5.41) is 4.48. The summed E-state index contributed by atoms with van der Waals surface area (Å²) in [6, 6.07) is 0.617. The molecule has 15 heavy (non-hydrogen) atoms. The van der Waals surface area contributed by atoms with Crippen LogP contribution in [0.15, 0.2) is 10.8 Å². The molecule has 1 aromatic heterocycles. The zero-order valence-electron chi connectivity index (χ0n) is 8.95. The van der Waals surface area contributed by atoms with Gasteiger partial charge in [0.05, 0.1) is 12.2 Å². The molecule has 2 N–H and O–H groups in total. The third-order valence-corrected chi connectivity index (χ3v) is 4.00. The lowest BCUT2D eigenvalue weighted by molar-refractivity contribution is 0.458. The quantitative estimate of drug-likeness (QED) is 0.915. The lowest BCUT2D eigenvalue weighted by Gasteiger charge is -2.11. The average Bonchev–Trinajstić information content (AvgIpc) is 2.84. The zero-order valence-corrected chi connectivity index (χ0v) is 10.5. The standard InChI is InChI=1S/C11H18BrN3/c12-11-9(4-3-7-13)8-14-15(11)10-5-1-2-6-10/h8,10H,1-7,13H2. The Labute approximate surface area is 99.2 Å². The maximum atomic E-state index is 5.51. The third-order valence-electron chi connectivity index (χ3n) is 3.12. The van der Waals surface area contributed by atoms with E-state index in [1.54, 1.807) is 0 Å². The SMILES string of the molecule is NCCCc1cnn(C2CCCC2)c1Br. The number of aryl methyl sites for hydroxylation is 1. The van der Waals surface area contributed by atoms with Crippen LogP contribution in [-0.4, -0.2) is 16.3 Å². The van der Waals surface area contributed by atoms with Crippen molar-refractivity contribution in [3.05, 3.63) is 16.4 Å². The van der Waals surface area contributed by atoms with Crippen molar-refractivity contribution in [3.63, 3.8) is 0 Å². The van der Waals surface area contributed by atoms with E-state index in [-0.39, 0.29) is 0 Å². The van der Waals surface area contributed by atoms with Crippen molar-refractivity contribution in [3.8, 4) is 0 Å². The lowest BCUT2D eigenvalue weighted by atomic mass is 10.2. The van der Waals surface area contributed by atoms with Crippen LogP contribution in [0.4, 0.5) is 0 Å². The minimum absolute atomic E-state index is 0.617. The molecule has 0 bridgehead atoms. The van der Waals surface area contributed by atoms with E-state index in [1.807, 2.05) is 6.20 Å². The van der Waals surface area contributed by atoms with Gasteiger partial charge in [-0.25, -0.2) is 0 Å². The van der Waals surface area contributed by atoms with Gasteiger partial charge >= 0.3 is 0 Å². The Morgan fingerprint density at radius 1 is 1.47 bits per heavy atom. The molecule has 3 nitrogen and oxygen atoms in total. The van der Waals surface area contributed by atoms with Crippen LogP contribution in [0.2, 0.25) is 0 Å². The summed E-state index contributed by atoms with van der Waals surface area (Å²) in [5.74, 6) is 0. The maximum absolute atomic E-state index is 5.51. The van der Waals surface area contributed by atoms with Crippen LogP contribution < -0.4 is 5.73 Å². The largest absolute Gasteiger partial charge is 0.330 e. The molecule has 1 aliphatic rings. The van der Waals surface area contributed by atoms with E-state index in [0.29, 0.717) is 6.04 Å². The van der Waals surface area contributed by atoms with E-state index >= 15 is 0 Å². The van der Waals surface area contributed by atoms with Crippen LogP contribution >= 0.6 is 15.9 Å². The normalized spacial score (nSPS) is 17.5. The Balaban J connectivity index is 2.08. The van der Waals surface area contributed by atoms with Crippen LogP contribution in [0.5, 0.6) is 0 Å². The van der Waals surface area contributed by atoms with Gasteiger partial charge in [-0.05, 0) is 48.2 Å². The fraction of sp³-hybridized carbons (Fsp3) is 0.727. The summed E-state index contributed by atoms with van der Waals surface area (Å²) in [5.41, 5.74) is 6.81. The summed E-state index contributed by atoms with van der Waals surface area (Å²) in [6.45, 7) is 0.751. The van der Waals surface area contributed by atoms with Crippen LogP contribution in [0, 0.1) is 0 Å². The Kier molecular flexibility index (Phi) is 3.81. The average molecular weight is 272 g/mol. The molecule has 84 valence electrons. The fourth-order valence-corrected chi connectivity index (χ4v) is 2.93. The minimum atomic E-state index is 0.617. The van der Waals surface area contributed by atoms with Gasteiger partial charge in [0.2, 0.25) is 0 Å². The van der Waals surface area contributed by atoms with Gasteiger partial charge in [0, 0.05) is 5.56 Å². The van der Waals surface area contributed by atoms with Crippen LogP contribution in [0.3, 0.4) is 0 Å². The van der Waals surface area contributed by atoms with Gasteiger partial charge in [0.15, 0.2) is 0 Å². The third kappa shape index (κ3) is 2.42. The zero-order chi connectivity index (χ0) is 10.7. The second kappa shape index (κ2) is 5.12. The van der Waals surface area contributed by atoms with Gasteiger partial charge < -0.3 is 5.73 Å². The Morgan fingerprint density at radius 3 is 2.87 bits per heavy atom. The van der Waals surface area contributed by atoms with Crippen molar-refractivity contribution >= 4 is 15.9 Å². The molecular formula is C11H18BrN3. The van der Waals surface area contributed by atoms with Gasteiger partial charge in [-0.2, -0.15) is 5.10 Å². The van der Waals surface area contributed by atoms with E-state index in [0.717, 1.165) is 19.4 Å². The maximum Gasteiger partial charge on any atom is 0.107 e. The molecule has 2 rings (SSSR count). The summed E-state index contributed by atoms with van der Waals surface area (Å²) in [6.07, 6.45) is 9.29. The van der Waals surface area contributed by atoms with Gasteiger partial charge in [0.25, 0.3) is 0 Å². The molecule has 1 aromatic rings. The number of rotatable bonds is 4. The second-order valence-corrected chi connectivity index (χ2v) is 4.99. The number of hydrogen-bond donors (Lipinski definition) is 1. The van der Waals surface area contributed by atoms with Crippen molar-refractivity contribution in [1.29, 1.82) is 0 Å². The van der Waals surface area contributed by atoms with Gasteiger partial charge in [-0.1, -0.05) is 12.8 Å². The highest BCUT2D eigenvalue weighted by Crippen LogP contribution is 2.32. The Morgan fingerprint density at radius 2 is 2.20 bits per heavy atom. The summed E-state index contributed by atoms with van der Waals surface area (Å²) >= 11 is 3.65. The van der Waals surface area contributed by atoms with Gasteiger partial charge in [-0.3, -0.25) is 4.68 Å². The van der Waals surface area contributed by atoms with E-state index in [1.165, 1.54) is 35.8 Å².